The van der Waals surface area contributed by atoms with Gasteiger partial charge >= 0.3 is 6.09 Å². The molecule has 31 heavy (non-hydrogen) atoms. The first-order valence-corrected chi connectivity index (χ1v) is 11.3. The number of anilines is 1. The van der Waals surface area contributed by atoms with Crippen LogP contribution < -0.4 is 5.32 Å². The summed E-state index contributed by atoms with van der Waals surface area (Å²) in [5, 5.41) is 5.09. The molecule has 8 heteroatoms. The molecule has 4 rings (SSSR count). The number of carbonyl (C=O) groups excluding carboxylic acids is 1. The number of aromatic nitrogens is 3. The van der Waals surface area contributed by atoms with E-state index in [1.54, 1.807) is 0 Å². The number of benzene rings is 2. The highest BCUT2D eigenvalue weighted by molar-refractivity contribution is 7.19. The van der Waals surface area contributed by atoms with Crippen LogP contribution in [0.5, 0.6) is 0 Å². The van der Waals surface area contributed by atoms with Gasteiger partial charge in [-0.1, -0.05) is 42.0 Å². The van der Waals surface area contributed by atoms with Crippen molar-refractivity contribution in [2.75, 3.05) is 5.32 Å². The van der Waals surface area contributed by atoms with E-state index in [1.807, 2.05) is 56.6 Å². The Morgan fingerprint density at radius 3 is 2.81 bits per heavy atom. The molecule has 2 aromatic heterocycles. The predicted molar refractivity (Wildman–Crippen MR) is 126 cm³/mol. The van der Waals surface area contributed by atoms with Gasteiger partial charge in [-0.25, -0.2) is 14.8 Å². The predicted octanol–water partition coefficient (Wildman–Crippen LogP) is 6.45. The van der Waals surface area contributed by atoms with Gasteiger partial charge in [0.2, 0.25) is 0 Å². The van der Waals surface area contributed by atoms with Crippen LogP contribution in [0.2, 0.25) is 5.02 Å². The van der Waals surface area contributed by atoms with Crippen LogP contribution in [0.3, 0.4) is 0 Å². The summed E-state index contributed by atoms with van der Waals surface area (Å²) in [5.41, 5.74) is 5.73. The van der Waals surface area contributed by atoms with Crippen LogP contribution in [-0.2, 0) is 24.3 Å². The zero-order chi connectivity index (χ0) is 22.0. The van der Waals surface area contributed by atoms with E-state index in [0.29, 0.717) is 16.4 Å². The molecule has 0 fully saturated rings. The molecule has 160 valence electrons. The van der Waals surface area contributed by atoms with E-state index in [1.165, 1.54) is 11.3 Å². The van der Waals surface area contributed by atoms with Gasteiger partial charge < -0.3 is 9.30 Å². The molecule has 0 saturated heterocycles. The standard InChI is InChI=1S/C23H23ClN4O2S/c1-4-18-22(31-21(26-18)17-8-7-16(24)10-14(17)3)27-23(29)30-12-15-6-9-20-19(11-15)25-13-28(20)5-2/h6-11,13H,4-5,12H2,1-3H3,(H,27,29). The van der Waals surface area contributed by atoms with Crippen LogP contribution >= 0.6 is 22.9 Å². The maximum Gasteiger partial charge on any atom is 0.412 e. The van der Waals surface area contributed by atoms with Gasteiger partial charge in [-0.15, -0.1) is 0 Å². The van der Waals surface area contributed by atoms with Crippen molar-refractivity contribution in [2.45, 2.75) is 40.3 Å². The van der Waals surface area contributed by atoms with Gasteiger partial charge in [-0.05, 0) is 55.7 Å². The zero-order valence-electron chi connectivity index (χ0n) is 17.6. The van der Waals surface area contributed by atoms with Gasteiger partial charge in [-0.2, -0.15) is 0 Å². The first-order chi connectivity index (χ1) is 15.0. The first-order valence-electron chi connectivity index (χ1n) is 10.1. The Morgan fingerprint density at radius 1 is 1.23 bits per heavy atom. The lowest BCUT2D eigenvalue weighted by molar-refractivity contribution is 0.155. The lowest BCUT2D eigenvalue weighted by Crippen LogP contribution is -2.13. The molecule has 6 nitrogen and oxygen atoms in total. The van der Waals surface area contributed by atoms with Gasteiger partial charge in [0.1, 0.15) is 16.6 Å². The molecule has 0 saturated carbocycles. The number of aryl methyl sites for hydroxylation is 3. The van der Waals surface area contributed by atoms with Crippen molar-refractivity contribution < 1.29 is 9.53 Å². The van der Waals surface area contributed by atoms with Gasteiger partial charge in [0.25, 0.3) is 0 Å². The Hall–Kier alpha value is -2.90. The van der Waals surface area contributed by atoms with Crippen molar-refractivity contribution in [3.8, 4) is 10.6 Å². The van der Waals surface area contributed by atoms with E-state index in [2.05, 4.69) is 21.8 Å². The number of thiazole rings is 1. The molecule has 0 radical (unpaired) electrons. The number of ether oxygens (including phenoxy) is 1. The molecule has 0 unspecified atom stereocenters. The zero-order valence-corrected chi connectivity index (χ0v) is 19.2. The average molecular weight is 455 g/mol. The molecular weight excluding hydrogens is 432 g/mol. The molecule has 0 bridgehead atoms. The second-order valence-corrected chi connectivity index (χ2v) is 8.60. The monoisotopic (exact) mass is 454 g/mol. The largest absolute Gasteiger partial charge is 0.444 e. The van der Waals surface area contributed by atoms with Crippen LogP contribution in [0.4, 0.5) is 9.80 Å². The number of carbonyl (C=O) groups is 1. The molecule has 2 heterocycles. The fourth-order valence-electron chi connectivity index (χ4n) is 3.40. The van der Waals surface area contributed by atoms with Crippen molar-refractivity contribution in [3.63, 3.8) is 0 Å². The smallest absolute Gasteiger partial charge is 0.412 e. The van der Waals surface area contributed by atoms with E-state index in [0.717, 1.165) is 45.0 Å². The minimum absolute atomic E-state index is 0.171. The lowest BCUT2D eigenvalue weighted by Gasteiger charge is -2.07. The molecule has 0 aliphatic carbocycles. The number of hydrogen-bond donors (Lipinski definition) is 1. The third kappa shape index (κ3) is 4.57. The van der Waals surface area contributed by atoms with Crippen LogP contribution in [-0.4, -0.2) is 20.6 Å². The summed E-state index contributed by atoms with van der Waals surface area (Å²) in [6.45, 7) is 7.11. The van der Waals surface area contributed by atoms with Gasteiger partial charge in [0.15, 0.2) is 0 Å². The van der Waals surface area contributed by atoms with Gasteiger partial charge in [-0.3, -0.25) is 5.32 Å². The van der Waals surface area contributed by atoms with Crippen LogP contribution in [0.1, 0.15) is 30.7 Å². The summed E-state index contributed by atoms with van der Waals surface area (Å²) in [4.78, 5) is 21.5. The number of rotatable bonds is 6. The SMILES string of the molecule is CCc1nc(-c2ccc(Cl)cc2C)sc1NC(=O)OCc1ccc2c(c1)ncn2CC. The van der Waals surface area contributed by atoms with Crippen LogP contribution in [0.15, 0.2) is 42.7 Å². The lowest BCUT2D eigenvalue weighted by atomic mass is 10.1. The molecular formula is C23H23ClN4O2S. The highest BCUT2D eigenvalue weighted by Gasteiger charge is 2.16. The van der Waals surface area contributed by atoms with E-state index >= 15 is 0 Å². The normalized spacial score (nSPS) is 11.1. The molecule has 1 amide bonds. The minimum atomic E-state index is -0.503. The summed E-state index contributed by atoms with van der Waals surface area (Å²) in [6, 6.07) is 11.6. The van der Waals surface area contributed by atoms with Crippen LogP contribution in [0.25, 0.3) is 21.6 Å². The number of fused-ring (bicyclic) bond motifs is 1. The van der Waals surface area contributed by atoms with Crippen molar-refractivity contribution in [1.29, 1.82) is 0 Å². The minimum Gasteiger partial charge on any atom is -0.444 e. The Balaban J connectivity index is 1.45. The van der Waals surface area contributed by atoms with Gasteiger partial charge in [0.05, 0.1) is 23.1 Å². The molecule has 4 aromatic rings. The third-order valence-electron chi connectivity index (χ3n) is 5.06. The number of amides is 1. The number of imidazole rings is 1. The van der Waals surface area contributed by atoms with Crippen molar-refractivity contribution in [1.82, 2.24) is 14.5 Å². The number of nitrogens with zero attached hydrogens (tertiary/aromatic N) is 3. The Morgan fingerprint density at radius 2 is 2.06 bits per heavy atom. The fourth-order valence-corrected chi connectivity index (χ4v) is 4.76. The van der Waals surface area contributed by atoms with Crippen molar-refractivity contribution in [3.05, 3.63) is 64.6 Å². The summed E-state index contributed by atoms with van der Waals surface area (Å²) in [5.74, 6) is 0. The maximum absolute atomic E-state index is 12.4. The van der Waals surface area contributed by atoms with Crippen molar-refractivity contribution >= 4 is 45.1 Å². The Kier molecular flexibility index (Phi) is 6.25. The highest BCUT2D eigenvalue weighted by atomic mass is 35.5. The van der Waals surface area contributed by atoms with E-state index in [-0.39, 0.29) is 6.61 Å². The maximum atomic E-state index is 12.4. The third-order valence-corrected chi connectivity index (χ3v) is 6.34. The Bertz CT molecular complexity index is 1250. The van der Waals surface area contributed by atoms with Crippen molar-refractivity contribution in [2.24, 2.45) is 0 Å². The second kappa shape index (κ2) is 9.08. The molecule has 0 atom stereocenters. The molecule has 0 spiro atoms. The van der Waals surface area contributed by atoms with Crippen LogP contribution in [0, 0.1) is 6.92 Å². The average Bonchev–Trinajstić information content (AvgIpc) is 3.35. The van der Waals surface area contributed by atoms with E-state index in [4.69, 9.17) is 21.3 Å². The first kappa shape index (κ1) is 21.3. The van der Waals surface area contributed by atoms with E-state index in [9.17, 15) is 4.79 Å². The summed E-state index contributed by atoms with van der Waals surface area (Å²) >= 11 is 7.50. The van der Waals surface area contributed by atoms with E-state index < -0.39 is 6.09 Å². The molecule has 0 aliphatic rings. The van der Waals surface area contributed by atoms with Gasteiger partial charge in [0, 0.05) is 17.1 Å². The second-order valence-electron chi connectivity index (χ2n) is 7.16. The molecule has 1 N–H and O–H groups in total. The number of halogens is 1. The summed E-state index contributed by atoms with van der Waals surface area (Å²) in [6.07, 6.45) is 2.02. The Labute approximate surface area is 189 Å². The molecule has 0 aliphatic heterocycles. The number of hydrogen-bond acceptors (Lipinski definition) is 5. The summed E-state index contributed by atoms with van der Waals surface area (Å²) < 4.78 is 7.52. The summed E-state index contributed by atoms with van der Waals surface area (Å²) in [7, 11) is 0. The highest BCUT2D eigenvalue weighted by Crippen LogP contribution is 2.35. The molecule has 2 aromatic carbocycles. The topological polar surface area (TPSA) is 69.0 Å². The number of nitrogens with one attached hydrogen (secondary N) is 1. The quantitative estimate of drug-likeness (QED) is 0.363. The fraction of sp³-hybridized carbons (Fsp3) is 0.261.